The van der Waals surface area contributed by atoms with Gasteiger partial charge in [0.2, 0.25) is 15.9 Å². The van der Waals surface area contributed by atoms with Crippen LogP contribution in [-0.4, -0.2) is 58.3 Å². The van der Waals surface area contributed by atoms with Crippen molar-refractivity contribution in [2.45, 2.75) is 43.0 Å². The van der Waals surface area contributed by atoms with Gasteiger partial charge in [0.05, 0.1) is 21.5 Å². The first-order valence-electron chi connectivity index (χ1n) is 9.44. The molecule has 0 aliphatic rings. The highest BCUT2D eigenvalue weighted by Gasteiger charge is 2.24. The van der Waals surface area contributed by atoms with Crippen molar-refractivity contribution in [1.29, 1.82) is 0 Å². The second-order valence-corrected chi connectivity index (χ2v) is 9.55. The minimum atomic E-state index is -3.63. The van der Waals surface area contributed by atoms with Gasteiger partial charge in [-0.05, 0) is 32.0 Å². The lowest BCUT2D eigenvalue weighted by Gasteiger charge is -2.20. The van der Waals surface area contributed by atoms with Crippen LogP contribution in [0.3, 0.4) is 0 Å². The van der Waals surface area contributed by atoms with Gasteiger partial charge in [0.15, 0.2) is 5.16 Å². The number of thioether (sulfide) groups is 1. The van der Waals surface area contributed by atoms with Crippen LogP contribution in [0.5, 0.6) is 0 Å². The van der Waals surface area contributed by atoms with Gasteiger partial charge in [-0.3, -0.25) is 4.79 Å². The fourth-order valence-electron chi connectivity index (χ4n) is 2.67. The molecule has 2 N–H and O–H groups in total. The first kappa shape index (κ1) is 23.2. The number of carbonyl (C=O) groups is 1. The van der Waals surface area contributed by atoms with Crippen LogP contribution in [0.25, 0.3) is 0 Å². The summed E-state index contributed by atoms with van der Waals surface area (Å²) in [6, 6.07) is 4.73. The van der Waals surface area contributed by atoms with E-state index < -0.39 is 15.3 Å². The third kappa shape index (κ3) is 5.49. The third-order valence-electron chi connectivity index (χ3n) is 4.28. The maximum atomic E-state index is 12.9. The van der Waals surface area contributed by atoms with Crippen LogP contribution < -0.4 is 10.6 Å². The molecule has 1 aromatic carbocycles. The van der Waals surface area contributed by atoms with Crippen molar-refractivity contribution in [2.75, 3.05) is 30.3 Å². The average molecular weight is 441 g/mol. The van der Waals surface area contributed by atoms with Crippen LogP contribution in [0.4, 0.5) is 11.4 Å². The molecule has 0 aliphatic carbocycles. The Bertz CT molecular complexity index is 941. The van der Waals surface area contributed by atoms with E-state index in [4.69, 9.17) is 0 Å². The van der Waals surface area contributed by atoms with Gasteiger partial charge < -0.3 is 15.2 Å². The van der Waals surface area contributed by atoms with E-state index in [2.05, 4.69) is 20.8 Å². The number of rotatable bonds is 10. The van der Waals surface area contributed by atoms with Gasteiger partial charge in [0.25, 0.3) is 0 Å². The lowest BCUT2D eigenvalue weighted by atomic mass is 10.2. The number of carbonyl (C=O) groups excluding carboxylic acids is 1. The number of sulfonamides is 1. The number of aryl methyl sites for hydroxylation is 1. The Labute approximate surface area is 176 Å². The minimum absolute atomic E-state index is 0.145. The van der Waals surface area contributed by atoms with Gasteiger partial charge in [0, 0.05) is 26.7 Å². The van der Waals surface area contributed by atoms with Crippen molar-refractivity contribution in [3.05, 3.63) is 24.5 Å². The second kappa shape index (κ2) is 10.1. The SMILES string of the molecule is CCNc1ccc(S(=O)(=O)N(CC)CC)cc1NC(=O)C(C)Sc1nncn1C. The summed E-state index contributed by atoms with van der Waals surface area (Å²) in [6.45, 7) is 8.66. The molecule has 1 amide bonds. The molecule has 1 heterocycles. The van der Waals surface area contributed by atoms with Crippen LogP contribution in [0.2, 0.25) is 0 Å². The molecule has 0 saturated heterocycles. The fourth-order valence-corrected chi connectivity index (χ4v) is 4.94. The van der Waals surface area contributed by atoms with Crippen molar-refractivity contribution in [3.63, 3.8) is 0 Å². The molecular weight excluding hydrogens is 412 g/mol. The number of hydrogen-bond donors (Lipinski definition) is 2. The number of amides is 1. The van der Waals surface area contributed by atoms with E-state index in [1.54, 1.807) is 50.8 Å². The third-order valence-corrected chi connectivity index (χ3v) is 7.47. The molecule has 11 heteroatoms. The summed E-state index contributed by atoms with van der Waals surface area (Å²) in [4.78, 5) is 12.9. The number of anilines is 2. The van der Waals surface area contributed by atoms with Gasteiger partial charge in [-0.2, -0.15) is 4.31 Å². The standard InChI is InChI=1S/C18H28N6O3S2/c1-6-19-15-10-9-14(29(26,27)24(7-2)8-3)11-16(15)21-17(25)13(4)28-18-22-20-12-23(18)5/h9-13,19H,6-8H2,1-5H3,(H,21,25). The van der Waals surface area contributed by atoms with Gasteiger partial charge in [-0.1, -0.05) is 25.6 Å². The Kier molecular flexibility index (Phi) is 8.05. The molecule has 29 heavy (non-hydrogen) atoms. The first-order chi connectivity index (χ1) is 13.7. The maximum Gasteiger partial charge on any atom is 0.243 e. The summed E-state index contributed by atoms with van der Waals surface area (Å²) in [5.41, 5.74) is 1.09. The molecule has 0 fully saturated rings. The molecule has 2 rings (SSSR count). The van der Waals surface area contributed by atoms with Crippen molar-refractivity contribution >= 4 is 39.1 Å². The lowest BCUT2D eigenvalue weighted by Crippen LogP contribution is -2.31. The van der Waals surface area contributed by atoms with E-state index >= 15 is 0 Å². The normalized spacial score (nSPS) is 12.8. The summed E-state index contributed by atoms with van der Waals surface area (Å²) in [5, 5.41) is 14.0. The van der Waals surface area contributed by atoms with Crippen LogP contribution in [-0.2, 0) is 21.9 Å². The van der Waals surface area contributed by atoms with Crippen LogP contribution >= 0.6 is 11.8 Å². The molecule has 9 nitrogen and oxygen atoms in total. The molecule has 0 bridgehead atoms. The Morgan fingerprint density at radius 2 is 1.93 bits per heavy atom. The van der Waals surface area contributed by atoms with Crippen LogP contribution in [0.1, 0.15) is 27.7 Å². The van der Waals surface area contributed by atoms with E-state index in [9.17, 15) is 13.2 Å². The zero-order valence-corrected chi connectivity index (χ0v) is 19.0. The molecule has 1 aromatic heterocycles. The molecule has 0 saturated carbocycles. The average Bonchev–Trinajstić information content (AvgIpc) is 3.08. The summed E-state index contributed by atoms with van der Waals surface area (Å²) < 4.78 is 28.8. The first-order valence-corrected chi connectivity index (χ1v) is 11.8. The smallest absolute Gasteiger partial charge is 0.243 e. The van der Waals surface area contributed by atoms with E-state index in [0.717, 1.165) is 0 Å². The van der Waals surface area contributed by atoms with Crippen LogP contribution in [0, 0.1) is 0 Å². The molecule has 1 atom stereocenters. The van der Waals surface area contributed by atoms with Gasteiger partial charge in [-0.25, -0.2) is 8.42 Å². The second-order valence-electron chi connectivity index (χ2n) is 6.30. The Hall–Kier alpha value is -2.11. The number of aromatic nitrogens is 3. The largest absolute Gasteiger partial charge is 0.384 e. The summed E-state index contributed by atoms with van der Waals surface area (Å²) in [6.07, 6.45) is 1.57. The molecule has 1 unspecified atom stereocenters. The monoisotopic (exact) mass is 440 g/mol. The van der Waals surface area contributed by atoms with E-state index in [0.29, 0.717) is 36.2 Å². The van der Waals surface area contributed by atoms with Gasteiger partial charge in [0.1, 0.15) is 6.33 Å². The Morgan fingerprint density at radius 3 is 2.48 bits per heavy atom. The van der Waals surface area contributed by atoms with Crippen molar-refractivity contribution in [3.8, 4) is 0 Å². The highest BCUT2D eigenvalue weighted by Crippen LogP contribution is 2.29. The zero-order chi connectivity index (χ0) is 21.6. The molecule has 2 aromatic rings. The van der Waals surface area contributed by atoms with Crippen molar-refractivity contribution in [1.82, 2.24) is 19.1 Å². The quantitative estimate of drug-likeness (QED) is 0.546. The predicted molar refractivity (Wildman–Crippen MR) is 116 cm³/mol. The highest BCUT2D eigenvalue weighted by atomic mass is 32.2. The summed E-state index contributed by atoms with van der Waals surface area (Å²) >= 11 is 1.28. The van der Waals surface area contributed by atoms with E-state index in [-0.39, 0.29) is 10.8 Å². The van der Waals surface area contributed by atoms with Crippen molar-refractivity contribution in [2.24, 2.45) is 7.05 Å². The fraction of sp³-hybridized carbons (Fsp3) is 0.500. The summed E-state index contributed by atoms with van der Waals surface area (Å²) in [5.74, 6) is -0.255. The highest BCUT2D eigenvalue weighted by molar-refractivity contribution is 8.00. The van der Waals surface area contributed by atoms with Crippen molar-refractivity contribution < 1.29 is 13.2 Å². The number of benzene rings is 1. The maximum absolute atomic E-state index is 12.9. The number of hydrogen-bond acceptors (Lipinski definition) is 7. The van der Waals surface area contributed by atoms with E-state index in [1.807, 2.05) is 6.92 Å². The Balaban J connectivity index is 2.29. The minimum Gasteiger partial charge on any atom is -0.384 e. The predicted octanol–water partition coefficient (Wildman–Crippen LogP) is 2.40. The lowest BCUT2D eigenvalue weighted by molar-refractivity contribution is -0.115. The molecule has 0 spiro atoms. The molecule has 0 radical (unpaired) electrons. The molecule has 0 aliphatic heterocycles. The van der Waals surface area contributed by atoms with Gasteiger partial charge in [-0.15, -0.1) is 10.2 Å². The molecule has 160 valence electrons. The van der Waals surface area contributed by atoms with Gasteiger partial charge >= 0.3 is 0 Å². The van der Waals surface area contributed by atoms with Crippen LogP contribution in [0.15, 0.2) is 34.6 Å². The summed E-state index contributed by atoms with van der Waals surface area (Å²) in [7, 11) is -1.83. The topological polar surface area (TPSA) is 109 Å². The Morgan fingerprint density at radius 1 is 1.24 bits per heavy atom. The zero-order valence-electron chi connectivity index (χ0n) is 17.3. The number of nitrogens with zero attached hydrogens (tertiary/aromatic N) is 4. The molecular formula is C18H28N6O3S2. The number of nitrogens with one attached hydrogen (secondary N) is 2. The van der Waals surface area contributed by atoms with E-state index in [1.165, 1.54) is 22.1 Å².